The SMILES string of the molecule is O=C(NCC(F)(F)F)c1ccc(N2CCN(Cc3cc(OC(F)(F)F)cc(-c4cncc(O)c4)c3)CC2)cc1. The number of carbonyl (C=O) groups excluding carboxylic acids is 1. The van der Waals surface area contributed by atoms with E-state index in [-0.39, 0.29) is 17.1 Å². The minimum Gasteiger partial charge on any atom is -0.506 e. The molecular weight excluding hydrogens is 530 g/mol. The van der Waals surface area contributed by atoms with Gasteiger partial charge in [0.1, 0.15) is 18.0 Å². The van der Waals surface area contributed by atoms with Crippen molar-refractivity contribution < 1.29 is 41.0 Å². The van der Waals surface area contributed by atoms with Gasteiger partial charge in [0.2, 0.25) is 0 Å². The molecule has 3 aromatic rings. The minimum atomic E-state index is -4.87. The zero-order chi connectivity index (χ0) is 28.2. The number of aromatic nitrogens is 1. The Morgan fingerprint density at radius 1 is 0.923 bits per heavy atom. The van der Waals surface area contributed by atoms with Gasteiger partial charge >= 0.3 is 12.5 Å². The summed E-state index contributed by atoms with van der Waals surface area (Å²) in [5, 5.41) is 11.6. The van der Waals surface area contributed by atoms with Gasteiger partial charge in [0, 0.05) is 55.7 Å². The second-order valence-electron chi connectivity index (χ2n) is 8.95. The third kappa shape index (κ3) is 8.24. The van der Waals surface area contributed by atoms with E-state index in [0.717, 1.165) is 5.69 Å². The van der Waals surface area contributed by atoms with E-state index in [1.807, 2.05) is 10.2 Å². The van der Waals surface area contributed by atoms with E-state index in [1.54, 1.807) is 18.2 Å². The Labute approximate surface area is 219 Å². The molecule has 0 radical (unpaired) electrons. The van der Waals surface area contributed by atoms with Crippen LogP contribution in [0.1, 0.15) is 15.9 Å². The fraction of sp³-hybridized carbons (Fsp3) is 0.308. The van der Waals surface area contributed by atoms with Crippen molar-refractivity contribution in [3.8, 4) is 22.6 Å². The quantitative estimate of drug-likeness (QED) is 0.402. The number of pyridine rings is 1. The molecule has 1 fully saturated rings. The lowest BCUT2D eigenvalue weighted by Crippen LogP contribution is -2.46. The lowest BCUT2D eigenvalue weighted by molar-refractivity contribution is -0.274. The Kier molecular flexibility index (Phi) is 8.19. The number of hydrogen-bond donors (Lipinski definition) is 2. The van der Waals surface area contributed by atoms with Gasteiger partial charge in [-0.3, -0.25) is 14.7 Å². The summed E-state index contributed by atoms with van der Waals surface area (Å²) in [5.74, 6) is -1.32. The van der Waals surface area contributed by atoms with Crippen molar-refractivity contribution in [1.82, 2.24) is 15.2 Å². The van der Waals surface area contributed by atoms with Crippen LogP contribution in [0.15, 0.2) is 60.9 Å². The summed E-state index contributed by atoms with van der Waals surface area (Å²) in [6.07, 6.45) is -6.71. The Hall–Kier alpha value is -4.00. The van der Waals surface area contributed by atoms with Gasteiger partial charge in [-0.2, -0.15) is 13.2 Å². The number of benzene rings is 2. The number of hydrogen-bond acceptors (Lipinski definition) is 6. The fourth-order valence-electron chi connectivity index (χ4n) is 4.23. The molecule has 0 saturated carbocycles. The molecule has 2 N–H and O–H groups in total. The monoisotopic (exact) mass is 554 g/mol. The Morgan fingerprint density at radius 2 is 1.62 bits per heavy atom. The molecule has 13 heteroatoms. The van der Waals surface area contributed by atoms with Crippen molar-refractivity contribution in [2.24, 2.45) is 0 Å². The van der Waals surface area contributed by atoms with Gasteiger partial charge in [-0.15, -0.1) is 13.2 Å². The number of amides is 1. The Balaban J connectivity index is 1.40. The maximum Gasteiger partial charge on any atom is 0.573 e. The Morgan fingerprint density at radius 3 is 2.23 bits per heavy atom. The zero-order valence-corrected chi connectivity index (χ0v) is 20.4. The standard InChI is InChI=1S/C26H24F6N4O3/c27-25(28,29)16-34-24(38)18-1-3-21(4-2-18)36-7-5-35(6-8-36)15-17-9-19(20-11-22(37)14-33-13-20)12-23(10-17)39-26(30,31)32/h1-4,9-14,37H,5-8,15-16H2,(H,34,38). The molecule has 39 heavy (non-hydrogen) atoms. The number of rotatable bonds is 7. The first-order chi connectivity index (χ1) is 18.3. The van der Waals surface area contributed by atoms with Crippen LogP contribution in [0.5, 0.6) is 11.5 Å². The van der Waals surface area contributed by atoms with Crippen LogP contribution in [0.25, 0.3) is 11.1 Å². The second-order valence-corrected chi connectivity index (χ2v) is 8.95. The van der Waals surface area contributed by atoms with E-state index in [9.17, 15) is 36.2 Å². The van der Waals surface area contributed by atoms with Gasteiger partial charge < -0.3 is 20.1 Å². The number of carbonyl (C=O) groups is 1. The summed E-state index contributed by atoms with van der Waals surface area (Å²) in [6, 6.07) is 11.9. The Bertz CT molecular complexity index is 1290. The number of ether oxygens (including phenoxy) is 1. The molecule has 208 valence electrons. The second kappa shape index (κ2) is 11.4. The van der Waals surface area contributed by atoms with Crippen LogP contribution < -0.4 is 15.0 Å². The van der Waals surface area contributed by atoms with Crippen molar-refractivity contribution >= 4 is 11.6 Å². The zero-order valence-electron chi connectivity index (χ0n) is 20.4. The van der Waals surface area contributed by atoms with Crippen LogP contribution >= 0.6 is 0 Å². The van der Waals surface area contributed by atoms with Crippen molar-refractivity contribution in [2.45, 2.75) is 19.1 Å². The van der Waals surface area contributed by atoms with Crippen LogP contribution in [0.2, 0.25) is 0 Å². The van der Waals surface area contributed by atoms with Crippen LogP contribution in [0, 0.1) is 0 Å². The molecular formula is C26H24F6N4O3. The smallest absolute Gasteiger partial charge is 0.506 e. The average molecular weight is 554 g/mol. The molecule has 1 aliphatic rings. The number of aromatic hydroxyl groups is 1. The molecule has 1 amide bonds. The molecule has 0 bridgehead atoms. The van der Waals surface area contributed by atoms with Crippen molar-refractivity contribution in [3.63, 3.8) is 0 Å². The van der Waals surface area contributed by atoms with Crippen molar-refractivity contribution in [3.05, 3.63) is 72.1 Å². The van der Waals surface area contributed by atoms with E-state index in [2.05, 4.69) is 14.6 Å². The highest BCUT2D eigenvalue weighted by atomic mass is 19.4. The van der Waals surface area contributed by atoms with Crippen molar-refractivity contribution in [1.29, 1.82) is 0 Å². The van der Waals surface area contributed by atoms with Crippen LogP contribution in [0.3, 0.4) is 0 Å². The summed E-state index contributed by atoms with van der Waals surface area (Å²) >= 11 is 0. The molecule has 2 aromatic carbocycles. The largest absolute Gasteiger partial charge is 0.573 e. The first-order valence-electron chi connectivity index (χ1n) is 11.8. The van der Waals surface area contributed by atoms with E-state index in [4.69, 9.17) is 0 Å². The van der Waals surface area contributed by atoms with Crippen LogP contribution in [-0.4, -0.2) is 66.2 Å². The summed E-state index contributed by atoms with van der Waals surface area (Å²) in [6.45, 7) is 1.28. The highest BCUT2D eigenvalue weighted by Gasteiger charge is 2.31. The highest BCUT2D eigenvalue weighted by molar-refractivity contribution is 5.94. The number of piperazine rings is 1. The number of alkyl halides is 6. The van der Waals surface area contributed by atoms with Gasteiger partial charge in [0.25, 0.3) is 5.91 Å². The first kappa shape index (κ1) is 28.0. The average Bonchev–Trinajstić information content (AvgIpc) is 2.86. The topological polar surface area (TPSA) is 77.9 Å². The summed E-state index contributed by atoms with van der Waals surface area (Å²) < 4.78 is 79.9. The summed E-state index contributed by atoms with van der Waals surface area (Å²) in [4.78, 5) is 19.9. The number of anilines is 1. The molecule has 2 heterocycles. The van der Waals surface area contributed by atoms with Crippen molar-refractivity contribution in [2.75, 3.05) is 37.6 Å². The third-order valence-electron chi connectivity index (χ3n) is 5.98. The predicted octanol–water partition coefficient (Wildman–Crippen LogP) is 4.97. The molecule has 1 saturated heterocycles. The van der Waals surface area contributed by atoms with Gasteiger partial charge in [0.15, 0.2) is 0 Å². The molecule has 0 aliphatic carbocycles. The third-order valence-corrected chi connectivity index (χ3v) is 5.98. The summed E-state index contributed by atoms with van der Waals surface area (Å²) in [7, 11) is 0. The molecule has 1 aromatic heterocycles. The number of halogens is 6. The lowest BCUT2D eigenvalue weighted by atomic mass is 10.0. The van der Waals surface area contributed by atoms with Gasteiger partial charge in [0.05, 0.1) is 6.20 Å². The maximum atomic E-state index is 12.9. The molecule has 4 rings (SSSR count). The molecule has 7 nitrogen and oxygen atoms in total. The van der Waals surface area contributed by atoms with E-state index >= 15 is 0 Å². The van der Waals surface area contributed by atoms with Gasteiger partial charge in [-0.25, -0.2) is 0 Å². The molecule has 0 unspecified atom stereocenters. The molecule has 0 spiro atoms. The van der Waals surface area contributed by atoms with Gasteiger partial charge in [-0.05, 0) is 59.7 Å². The lowest BCUT2D eigenvalue weighted by Gasteiger charge is -2.36. The van der Waals surface area contributed by atoms with Crippen LogP contribution in [-0.2, 0) is 6.54 Å². The first-order valence-corrected chi connectivity index (χ1v) is 11.8. The van der Waals surface area contributed by atoms with Crippen LogP contribution in [0.4, 0.5) is 32.0 Å². The summed E-state index contributed by atoms with van der Waals surface area (Å²) in [5.41, 5.74) is 2.33. The van der Waals surface area contributed by atoms with E-state index < -0.39 is 25.0 Å². The van der Waals surface area contributed by atoms with E-state index in [1.165, 1.54) is 42.7 Å². The van der Waals surface area contributed by atoms with E-state index in [0.29, 0.717) is 49.4 Å². The predicted molar refractivity (Wildman–Crippen MR) is 130 cm³/mol. The highest BCUT2D eigenvalue weighted by Crippen LogP contribution is 2.31. The number of nitrogens with zero attached hydrogens (tertiary/aromatic N) is 3. The molecule has 0 atom stereocenters. The fourth-order valence-corrected chi connectivity index (χ4v) is 4.23. The minimum absolute atomic E-state index is 0.111. The van der Waals surface area contributed by atoms with Gasteiger partial charge in [-0.1, -0.05) is 0 Å². The maximum absolute atomic E-state index is 12.9. The normalized spacial score (nSPS) is 14.8. The molecule has 1 aliphatic heterocycles. The number of nitrogens with one attached hydrogen (secondary N) is 1.